The Morgan fingerprint density at radius 2 is 2.00 bits per heavy atom. The lowest BCUT2D eigenvalue weighted by Crippen LogP contribution is -2.31. The van der Waals surface area contributed by atoms with Crippen LogP contribution in [0.1, 0.15) is 33.1 Å². The molecule has 0 spiro atoms. The molecule has 1 saturated heterocycles. The first kappa shape index (κ1) is 11.5. The van der Waals surface area contributed by atoms with Gasteiger partial charge in [0.2, 0.25) is 0 Å². The largest absolute Gasteiger partial charge is 0.466 e. The molecule has 14 heavy (non-hydrogen) atoms. The maximum atomic E-state index is 11.5. The number of hydrogen-bond donors (Lipinski definition) is 0. The van der Waals surface area contributed by atoms with Crippen molar-refractivity contribution in [2.75, 3.05) is 26.2 Å². The molecule has 0 saturated carbocycles. The van der Waals surface area contributed by atoms with E-state index in [1.165, 1.54) is 12.8 Å². The van der Waals surface area contributed by atoms with Gasteiger partial charge in [-0.15, -0.1) is 0 Å². The van der Waals surface area contributed by atoms with Crippen molar-refractivity contribution in [1.82, 2.24) is 4.90 Å². The summed E-state index contributed by atoms with van der Waals surface area (Å²) in [6, 6.07) is 0. The molecule has 0 N–H and O–H groups in total. The van der Waals surface area contributed by atoms with Gasteiger partial charge in [0, 0.05) is 6.54 Å². The summed E-state index contributed by atoms with van der Waals surface area (Å²) in [7, 11) is 0. The third-order valence-corrected chi connectivity index (χ3v) is 2.79. The molecule has 1 aliphatic heterocycles. The first-order valence-corrected chi connectivity index (χ1v) is 5.66. The Morgan fingerprint density at radius 3 is 2.50 bits per heavy atom. The van der Waals surface area contributed by atoms with Crippen molar-refractivity contribution in [3.8, 4) is 0 Å². The van der Waals surface area contributed by atoms with E-state index in [1.807, 2.05) is 6.92 Å². The van der Waals surface area contributed by atoms with Gasteiger partial charge in [0.25, 0.3) is 0 Å². The molecule has 0 aromatic carbocycles. The monoisotopic (exact) mass is 199 g/mol. The minimum Gasteiger partial charge on any atom is -0.466 e. The van der Waals surface area contributed by atoms with E-state index >= 15 is 0 Å². The van der Waals surface area contributed by atoms with Crippen molar-refractivity contribution in [2.45, 2.75) is 33.1 Å². The van der Waals surface area contributed by atoms with E-state index in [-0.39, 0.29) is 11.9 Å². The molecule has 1 rings (SSSR count). The van der Waals surface area contributed by atoms with Crippen LogP contribution in [0.15, 0.2) is 0 Å². The van der Waals surface area contributed by atoms with E-state index in [0.717, 1.165) is 26.1 Å². The van der Waals surface area contributed by atoms with Gasteiger partial charge in [0.15, 0.2) is 0 Å². The molecule has 0 aromatic heterocycles. The fourth-order valence-corrected chi connectivity index (χ4v) is 1.91. The zero-order valence-electron chi connectivity index (χ0n) is 9.29. The fraction of sp³-hybridized carbons (Fsp3) is 0.909. The van der Waals surface area contributed by atoms with Gasteiger partial charge in [-0.05, 0) is 39.3 Å². The van der Waals surface area contributed by atoms with Crippen LogP contribution in [-0.4, -0.2) is 37.1 Å². The molecular weight excluding hydrogens is 178 g/mol. The maximum Gasteiger partial charge on any atom is 0.310 e. The number of likely N-dealkylation sites (tertiary alicyclic amines) is 1. The molecule has 0 amide bonds. The fourth-order valence-electron chi connectivity index (χ4n) is 1.91. The Hall–Kier alpha value is -0.570. The second kappa shape index (κ2) is 6.02. The quantitative estimate of drug-likeness (QED) is 0.631. The Labute approximate surface area is 86.4 Å². The van der Waals surface area contributed by atoms with Gasteiger partial charge >= 0.3 is 5.97 Å². The minimum atomic E-state index is -0.0260. The Balaban J connectivity index is 2.33. The third-order valence-electron chi connectivity index (χ3n) is 2.79. The number of carbonyl (C=O) groups is 1. The van der Waals surface area contributed by atoms with E-state index in [2.05, 4.69) is 11.8 Å². The summed E-state index contributed by atoms with van der Waals surface area (Å²) >= 11 is 0. The van der Waals surface area contributed by atoms with Crippen molar-refractivity contribution in [1.29, 1.82) is 0 Å². The summed E-state index contributed by atoms with van der Waals surface area (Å²) in [5, 5.41) is 0. The average molecular weight is 199 g/mol. The molecule has 1 heterocycles. The van der Waals surface area contributed by atoms with Gasteiger partial charge < -0.3 is 9.64 Å². The number of ether oxygens (including phenoxy) is 1. The molecule has 0 aliphatic carbocycles. The van der Waals surface area contributed by atoms with Crippen LogP contribution in [0.25, 0.3) is 0 Å². The second-order valence-corrected chi connectivity index (χ2v) is 3.86. The highest BCUT2D eigenvalue weighted by Gasteiger charge is 2.22. The molecule has 0 aromatic rings. The normalized spacial score (nSPS) is 19.6. The Bertz CT molecular complexity index is 176. The van der Waals surface area contributed by atoms with E-state index in [9.17, 15) is 4.79 Å². The van der Waals surface area contributed by atoms with Gasteiger partial charge in [0.05, 0.1) is 12.5 Å². The second-order valence-electron chi connectivity index (χ2n) is 3.86. The standard InChI is InChI=1S/C11H21NO2/c1-3-10(11(13)14-4-2)9-12-7-5-6-8-12/h10H,3-9H2,1-2H3. The van der Waals surface area contributed by atoms with E-state index in [0.29, 0.717) is 6.61 Å². The predicted octanol–water partition coefficient (Wildman–Crippen LogP) is 1.67. The average Bonchev–Trinajstić information content (AvgIpc) is 2.66. The highest BCUT2D eigenvalue weighted by molar-refractivity contribution is 5.72. The zero-order valence-corrected chi connectivity index (χ0v) is 9.29. The van der Waals surface area contributed by atoms with Crippen LogP contribution in [0.4, 0.5) is 0 Å². The van der Waals surface area contributed by atoms with Crippen molar-refractivity contribution in [3.05, 3.63) is 0 Å². The lowest BCUT2D eigenvalue weighted by Gasteiger charge is -2.20. The molecule has 1 unspecified atom stereocenters. The predicted molar refractivity (Wildman–Crippen MR) is 56.1 cm³/mol. The summed E-state index contributed by atoms with van der Waals surface area (Å²) in [6.07, 6.45) is 3.44. The van der Waals surface area contributed by atoms with Crippen LogP contribution < -0.4 is 0 Å². The van der Waals surface area contributed by atoms with Crippen LogP contribution in [0, 0.1) is 5.92 Å². The van der Waals surface area contributed by atoms with Crippen molar-refractivity contribution >= 4 is 5.97 Å². The molecule has 1 atom stereocenters. The van der Waals surface area contributed by atoms with Crippen LogP contribution in [0.5, 0.6) is 0 Å². The van der Waals surface area contributed by atoms with Crippen molar-refractivity contribution in [2.24, 2.45) is 5.92 Å². The summed E-state index contributed by atoms with van der Waals surface area (Å²) in [5.74, 6) is 0.0509. The van der Waals surface area contributed by atoms with Crippen LogP contribution >= 0.6 is 0 Å². The molecular formula is C11H21NO2. The Kier molecular flexibility index (Phi) is 4.94. The number of nitrogens with zero attached hydrogens (tertiary/aromatic N) is 1. The number of carbonyl (C=O) groups excluding carboxylic acids is 1. The molecule has 1 aliphatic rings. The summed E-state index contributed by atoms with van der Waals surface area (Å²) in [4.78, 5) is 13.9. The molecule has 3 nitrogen and oxygen atoms in total. The first-order valence-electron chi connectivity index (χ1n) is 5.66. The summed E-state index contributed by atoms with van der Waals surface area (Å²) in [6.45, 7) is 7.59. The van der Waals surface area contributed by atoms with E-state index in [4.69, 9.17) is 4.74 Å². The van der Waals surface area contributed by atoms with Gasteiger partial charge in [-0.1, -0.05) is 6.92 Å². The van der Waals surface area contributed by atoms with E-state index in [1.54, 1.807) is 0 Å². The van der Waals surface area contributed by atoms with Gasteiger partial charge in [-0.25, -0.2) is 0 Å². The molecule has 0 radical (unpaired) electrons. The van der Waals surface area contributed by atoms with Gasteiger partial charge in [0.1, 0.15) is 0 Å². The number of rotatable bonds is 5. The van der Waals surface area contributed by atoms with Crippen molar-refractivity contribution in [3.63, 3.8) is 0 Å². The summed E-state index contributed by atoms with van der Waals surface area (Å²) < 4.78 is 5.04. The first-order chi connectivity index (χ1) is 6.77. The highest BCUT2D eigenvalue weighted by atomic mass is 16.5. The minimum absolute atomic E-state index is 0.0260. The number of hydrogen-bond acceptors (Lipinski definition) is 3. The molecule has 1 fully saturated rings. The van der Waals surface area contributed by atoms with Crippen LogP contribution in [0.3, 0.4) is 0 Å². The zero-order chi connectivity index (χ0) is 10.4. The topological polar surface area (TPSA) is 29.5 Å². The SMILES string of the molecule is CCOC(=O)C(CC)CN1CCCC1. The maximum absolute atomic E-state index is 11.5. The smallest absolute Gasteiger partial charge is 0.310 e. The summed E-state index contributed by atoms with van der Waals surface area (Å²) in [5.41, 5.74) is 0. The van der Waals surface area contributed by atoms with Crippen LogP contribution in [-0.2, 0) is 9.53 Å². The lowest BCUT2D eigenvalue weighted by atomic mass is 10.1. The molecule has 82 valence electrons. The highest BCUT2D eigenvalue weighted by Crippen LogP contribution is 2.13. The van der Waals surface area contributed by atoms with Crippen LogP contribution in [0.2, 0.25) is 0 Å². The number of esters is 1. The van der Waals surface area contributed by atoms with Gasteiger partial charge in [-0.3, -0.25) is 4.79 Å². The molecule has 3 heteroatoms. The lowest BCUT2D eigenvalue weighted by molar-refractivity contribution is -0.148. The van der Waals surface area contributed by atoms with Crippen molar-refractivity contribution < 1.29 is 9.53 Å². The molecule has 0 bridgehead atoms. The third kappa shape index (κ3) is 3.29. The Morgan fingerprint density at radius 1 is 1.36 bits per heavy atom. The van der Waals surface area contributed by atoms with E-state index < -0.39 is 0 Å². The van der Waals surface area contributed by atoms with Gasteiger partial charge in [-0.2, -0.15) is 0 Å².